The molecule has 2 bridgehead atoms. The van der Waals surface area contributed by atoms with Crippen LogP contribution in [0, 0.1) is 23.7 Å². The molecule has 0 radical (unpaired) electrons. The average Bonchev–Trinajstić information content (AvgIpc) is 3.42. The van der Waals surface area contributed by atoms with Crippen molar-refractivity contribution in [2.45, 2.75) is 13.3 Å². The van der Waals surface area contributed by atoms with Crippen LogP contribution >= 0.6 is 0 Å². The van der Waals surface area contributed by atoms with Gasteiger partial charge in [-0.25, -0.2) is 4.79 Å². The first-order valence-corrected chi connectivity index (χ1v) is 9.93. The molecule has 0 unspecified atom stereocenters. The number of carbonyl (C=O) groups excluding carboxylic acids is 4. The smallest absolute Gasteiger partial charge is 0.343 e. The van der Waals surface area contributed by atoms with Crippen LogP contribution in [0.5, 0.6) is 5.75 Å². The van der Waals surface area contributed by atoms with Gasteiger partial charge in [0.2, 0.25) is 11.8 Å². The molecule has 3 aliphatic rings. The summed E-state index contributed by atoms with van der Waals surface area (Å²) in [4.78, 5) is 50.7. The minimum absolute atomic E-state index is 0.0672. The van der Waals surface area contributed by atoms with Crippen molar-refractivity contribution >= 4 is 29.3 Å². The monoisotopic (exact) mass is 401 g/mol. The summed E-state index contributed by atoms with van der Waals surface area (Å²) in [7, 11) is 0. The van der Waals surface area contributed by atoms with E-state index in [9.17, 15) is 19.2 Å². The molecule has 6 nitrogen and oxygen atoms in total. The summed E-state index contributed by atoms with van der Waals surface area (Å²) in [5, 5.41) is 0. The minimum atomic E-state index is -0.560. The van der Waals surface area contributed by atoms with Crippen LogP contribution in [0.2, 0.25) is 0 Å². The van der Waals surface area contributed by atoms with E-state index in [1.165, 1.54) is 11.8 Å². The summed E-state index contributed by atoms with van der Waals surface area (Å²) in [6, 6.07) is 12.6. The maximum atomic E-state index is 12.9. The van der Waals surface area contributed by atoms with Gasteiger partial charge in [0, 0.05) is 5.56 Å². The highest BCUT2D eigenvalue weighted by molar-refractivity contribution is 6.22. The first-order chi connectivity index (χ1) is 14.4. The molecule has 2 aromatic carbocycles. The largest absolute Gasteiger partial charge is 0.423 e. The van der Waals surface area contributed by atoms with Gasteiger partial charge in [0.1, 0.15) is 5.75 Å². The summed E-state index contributed by atoms with van der Waals surface area (Å²) in [5.41, 5.74) is 1.31. The molecule has 2 fully saturated rings. The van der Waals surface area contributed by atoms with Crippen molar-refractivity contribution in [3.63, 3.8) is 0 Å². The van der Waals surface area contributed by atoms with Crippen molar-refractivity contribution in [3.8, 4) is 5.75 Å². The topological polar surface area (TPSA) is 80.8 Å². The molecule has 6 heteroatoms. The number of hydrogen-bond acceptors (Lipinski definition) is 5. The molecule has 4 atom stereocenters. The Bertz CT molecular complexity index is 1070. The molecule has 1 saturated carbocycles. The molecule has 0 aromatic heterocycles. The molecule has 1 heterocycles. The quantitative estimate of drug-likeness (QED) is 0.258. The lowest BCUT2D eigenvalue weighted by atomic mass is 9.85. The van der Waals surface area contributed by atoms with E-state index < -0.39 is 5.97 Å². The zero-order valence-electron chi connectivity index (χ0n) is 16.3. The molecule has 0 spiro atoms. The van der Waals surface area contributed by atoms with E-state index in [-0.39, 0.29) is 41.3 Å². The number of carbonyl (C=O) groups is 4. The minimum Gasteiger partial charge on any atom is -0.423 e. The zero-order chi connectivity index (χ0) is 21.0. The van der Waals surface area contributed by atoms with Crippen molar-refractivity contribution in [2.24, 2.45) is 23.7 Å². The van der Waals surface area contributed by atoms with Gasteiger partial charge in [-0.05, 0) is 73.7 Å². The second-order valence-electron chi connectivity index (χ2n) is 8.03. The molecule has 1 aliphatic heterocycles. The lowest BCUT2D eigenvalue weighted by molar-refractivity contribution is -0.123. The van der Waals surface area contributed by atoms with Crippen molar-refractivity contribution in [1.82, 2.24) is 0 Å². The maximum absolute atomic E-state index is 12.9. The Kier molecular flexibility index (Phi) is 4.17. The number of Topliss-reactive ketones (excluding diaryl/α,β-unsaturated/α-hetero) is 1. The molecule has 2 aliphatic carbocycles. The van der Waals surface area contributed by atoms with Gasteiger partial charge in [0.05, 0.1) is 23.1 Å². The number of benzene rings is 2. The molecular weight excluding hydrogens is 382 g/mol. The Balaban J connectivity index is 1.31. The highest BCUT2D eigenvalue weighted by Crippen LogP contribution is 2.53. The van der Waals surface area contributed by atoms with Gasteiger partial charge in [0.15, 0.2) is 5.78 Å². The van der Waals surface area contributed by atoms with E-state index in [4.69, 9.17) is 4.74 Å². The van der Waals surface area contributed by atoms with Crippen LogP contribution in [0.25, 0.3) is 0 Å². The predicted molar refractivity (Wildman–Crippen MR) is 108 cm³/mol. The van der Waals surface area contributed by atoms with Crippen molar-refractivity contribution in [3.05, 3.63) is 71.8 Å². The van der Waals surface area contributed by atoms with Gasteiger partial charge >= 0.3 is 5.97 Å². The molecule has 0 N–H and O–H groups in total. The van der Waals surface area contributed by atoms with Gasteiger partial charge < -0.3 is 4.74 Å². The standard InChI is InChI=1S/C24H19NO5/c1-13(26)14-6-10-19(11-7-14)30-24(29)15-4-8-18(9-5-15)25-22(27)20-16-2-3-17(12-16)21(20)23(25)28/h2-11,16-17,20-21H,12H2,1H3/t16-,17-,20-,21+/m0/s1. The second-order valence-corrected chi connectivity index (χ2v) is 8.03. The third kappa shape index (κ3) is 2.79. The summed E-state index contributed by atoms with van der Waals surface area (Å²) in [6.45, 7) is 1.47. The lowest BCUT2D eigenvalue weighted by Gasteiger charge is -2.17. The highest BCUT2D eigenvalue weighted by Gasteiger charge is 2.59. The Hall–Kier alpha value is -3.54. The van der Waals surface area contributed by atoms with Gasteiger partial charge in [-0.2, -0.15) is 0 Å². The third-order valence-corrected chi connectivity index (χ3v) is 6.30. The maximum Gasteiger partial charge on any atom is 0.343 e. The van der Waals surface area contributed by atoms with Crippen LogP contribution in [0.4, 0.5) is 5.69 Å². The fraction of sp³-hybridized carbons (Fsp3) is 0.250. The van der Waals surface area contributed by atoms with Gasteiger partial charge in [-0.3, -0.25) is 19.3 Å². The Morgan fingerprint density at radius 2 is 1.37 bits per heavy atom. The first-order valence-electron chi connectivity index (χ1n) is 9.93. The Labute approximate surface area is 173 Å². The number of nitrogens with zero attached hydrogens (tertiary/aromatic N) is 1. The van der Waals surface area contributed by atoms with E-state index in [1.54, 1.807) is 48.5 Å². The zero-order valence-corrected chi connectivity index (χ0v) is 16.3. The van der Waals surface area contributed by atoms with Crippen LogP contribution < -0.4 is 9.64 Å². The lowest BCUT2D eigenvalue weighted by Crippen LogP contribution is -2.32. The van der Waals surface area contributed by atoms with Gasteiger partial charge in [0.25, 0.3) is 0 Å². The summed E-state index contributed by atoms with van der Waals surface area (Å²) in [5.74, 6) is -0.793. The fourth-order valence-corrected chi connectivity index (χ4v) is 4.83. The Morgan fingerprint density at radius 1 is 0.833 bits per heavy atom. The molecule has 150 valence electrons. The van der Waals surface area contributed by atoms with Crippen molar-refractivity contribution < 1.29 is 23.9 Å². The van der Waals surface area contributed by atoms with Crippen LogP contribution in [-0.2, 0) is 9.59 Å². The molecule has 2 aromatic rings. The summed E-state index contributed by atoms with van der Waals surface area (Å²) < 4.78 is 5.33. The van der Waals surface area contributed by atoms with E-state index in [2.05, 4.69) is 12.2 Å². The summed E-state index contributed by atoms with van der Waals surface area (Å²) in [6.07, 6.45) is 5.00. The van der Waals surface area contributed by atoms with Gasteiger partial charge in [-0.1, -0.05) is 12.2 Å². The van der Waals surface area contributed by atoms with E-state index >= 15 is 0 Å². The van der Waals surface area contributed by atoms with Crippen molar-refractivity contribution in [2.75, 3.05) is 4.90 Å². The van der Waals surface area contributed by atoms with Crippen LogP contribution in [0.1, 0.15) is 34.1 Å². The predicted octanol–water partition coefficient (Wildman–Crippen LogP) is 3.42. The molecular formula is C24H19NO5. The normalized spacial score (nSPS) is 26.2. The number of amides is 2. The molecule has 1 saturated heterocycles. The molecule has 30 heavy (non-hydrogen) atoms. The number of rotatable bonds is 4. The third-order valence-electron chi connectivity index (χ3n) is 6.30. The van der Waals surface area contributed by atoms with Crippen LogP contribution in [-0.4, -0.2) is 23.6 Å². The van der Waals surface area contributed by atoms with Gasteiger partial charge in [-0.15, -0.1) is 0 Å². The first kappa shape index (κ1) is 18.5. The van der Waals surface area contributed by atoms with E-state index in [0.29, 0.717) is 22.6 Å². The number of ether oxygens (including phenoxy) is 1. The fourth-order valence-electron chi connectivity index (χ4n) is 4.83. The number of fused-ring (bicyclic) bond motifs is 5. The number of esters is 1. The van der Waals surface area contributed by atoms with E-state index in [0.717, 1.165) is 6.42 Å². The highest BCUT2D eigenvalue weighted by atomic mass is 16.5. The number of hydrogen-bond donors (Lipinski definition) is 0. The number of anilines is 1. The number of imide groups is 1. The van der Waals surface area contributed by atoms with Crippen LogP contribution in [0.15, 0.2) is 60.7 Å². The van der Waals surface area contributed by atoms with Crippen molar-refractivity contribution in [1.29, 1.82) is 0 Å². The van der Waals surface area contributed by atoms with Crippen LogP contribution in [0.3, 0.4) is 0 Å². The second kappa shape index (κ2) is 6.76. The molecule has 2 amide bonds. The number of ketones is 1. The summed E-state index contributed by atoms with van der Waals surface area (Å²) >= 11 is 0. The average molecular weight is 401 g/mol. The molecule has 5 rings (SSSR count). The SMILES string of the molecule is CC(=O)c1ccc(OC(=O)c2ccc(N3C(=O)[C@@H]4[C@H](C3=O)[C@H]3C=C[C@H]4C3)cc2)cc1. The van der Waals surface area contributed by atoms with E-state index in [1.807, 2.05) is 0 Å². The Morgan fingerprint density at radius 3 is 1.90 bits per heavy atom. The number of allylic oxidation sites excluding steroid dienone is 2.